The van der Waals surface area contributed by atoms with Gasteiger partial charge in [-0.25, -0.2) is 9.37 Å². The highest BCUT2D eigenvalue weighted by Crippen LogP contribution is 2.24. The molecule has 0 bridgehead atoms. The Hall–Kier alpha value is -2.95. The molecule has 0 saturated heterocycles. The molecule has 0 aliphatic rings. The summed E-state index contributed by atoms with van der Waals surface area (Å²) in [5.74, 6) is 0.816. The van der Waals surface area contributed by atoms with Crippen LogP contribution in [0.1, 0.15) is 20.8 Å². The fourth-order valence-electron chi connectivity index (χ4n) is 2.40. The van der Waals surface area contributed by atoms with Crippen molar-refractivity contribution in [3.63, 3.8) is 0 Å². The van der Waals surface area contributed by atoms with E-state index in [9.17, 15) is 4.39 Å². The summed E-state index contributed by atoms with van der Waals surface area (Å²) in [7, 11) is 0. The Morgan fingerprint density at radius 3 is 2.32 bits per heavy atom. The number of benzene rings is 2. The summed E-state index contributed by atoms with van der Waals surface area (Å²) in [6.07, 6.45) is 0. The minimum Gasteiger partial charge on any atom is -0.365 e. The lowest BCUT2D eigenvalue weighted by Gasteiger charge is -2.22. The first-order chi connectivity index (χ1) is 11.9. The van der Waals surface area contributed by atoms with E-state index in [4.69, 9.17) is 0 Å². The van der Waals surface area contributed by atoms with Gasteiger partial charge in [-0.1, -0.05) is 36.4 Å². The van der Waals surface area contributed by atoms with Crippen molar-refractivity contribution in [3.05, 3.63) is 66.5 Å². The zero-order chi connectivity index (χ0) is 17.9. The number of nitrogens with zero attached hydrogens (tertiary/aromatic N) is 2. The van der Waals surface area contributed by atoms with E-state index in [2.05, 4.69) is 41.4 Å². The Balaban J connectivity index is 2.00. The molecule has 2 aromatic carbocycles. The third-order valence-corrected chi connectivity index (χ3v) is 3.38. The number of anilines is 3. The molecule has 3 aromatic rings. The first-order valence-electron chi connectivity index (χ1n) is 8.14. The smallest absolute Gasteiger partial charge is 0.229 e. The number of nitrogens with one attached hydrogen (secondary N) is 2. The van der Waals surface area contributed by atoms with Crippen molar-refractivity contribution in [3.8, 4) is 11.3 Å². The summed E-state index contributed by atoms with van der Waals surface area (Å²) < 4.78 is 13.4. The fraction of sp³-hybridized carbons (Fsp3) is 0.200. The van der Waals surface area contributed by atoms with E-state index in [1.165, 1.54) is 12.1 Å². The third kappa shape index (κ3) is 4.76. The van der Waals surface area contributed by atoms with Crippen molar-refractivity contribution >= 4 is 17.5 Å². The van der Waals surface area contributed by atoms with Crippen molar-refractivity contribution in [2.45, 2.75) is 26.3 Å². The Kier molecular flexibility index (Phi) is 4.65. The molecule has 5 heteroatoms. The average molecular weight is 336 g/mol. The van der Waals surface area contributed by atoms with Crippen LogP contribution in [0, 0.1) is 5.82 Å². The van der Waals surface area contributed by atoms with Crippen LogP contribution in [-0.4, -0.2) is 15.5 Å². The maximum Gasteiger partial charge on any atom is 0.229 e. The summed E-state index contributed by atoms with van der Waals surface area (Å²) in [5, 5.41) is 6.44. The maximum atomic E-state index is 13.4. The molecule has 0 saturated carbocycles. The van der Waals surface area contributed by atoms with Gasteiger partial charge in [0.05, 0.1) is 5.69 Å². The van der Waals surface area contributed by atoms with Gasteiger partial charge in [-0.3, -0.25) is 0 Å². The number of hydrogen-bond acceptors (Lipinski definition) is 4. The van der Waals surface area contributed by atoms with Gasteiger partial charge < -0.3 is 10.6 Å². The van der Waals surface area contributed by atoms with Crippen molar-refractivity contribution < 1.29 is 4.39 Å². The van der Waals surface area contributed by atoms with E-state index in [1.807, 2.05) is 36.4 Å². The van der Waals surface area contributed by atoms with Crippen molar-refractivity contribution in [2.75, 3.05) is 10.6 Å². The molecule has 128 valence electrons. The average Bonchev–Trinajstić information content (AvgIpc) is 2.54. The van der Waals surface area contributed by atoms with Gasteiger partial charge in [0.15, 0.2) is 0 Å². The Labute approximate surface area is 147 Å². The molecule has 0 aliphatic heterocycles. The molecule has 0 aliphatic carbocycles. The number of hydrogen-bond donors (Lipinski definition) is 2. The fourth-order valence-corrected chi connectivity index (χ4v) is 2.40. The molecule has 0 spiro atoms. The van der Waals surface area contributed by atoms with Gasteiger partial charge in [0.1, 0.15) is 11.6 Å². The molecule has 25 heavy (non-hydrogen) atoms. The van der Waals surface area contributed by atoms with Crippen molar-refractivity contribution in [2.24, 2.45) is 0 Å². The highest BCUT2D eigenvalue weighted by Gasteiger charge is 2.13. The molecule has 0 radical (unpaired) electrons. The van der Waals surface area contributed by atoms with Crippen LogP contribution < -0.4 is 10.6 Å². The molecule has 1 aromatic heterocycles. The Bertz CT molecular complexity index is 857. The first kappa shape index (κ1) is 16.9. The molecule has 0 atom stereocenters. The SMILES string of the molecule is CC(C)(C)Nc1cc(-c2ccccc2)nc(Nc2cccc(F)c2)n1. The van der Waals surface area contributed by atoms with Gasteiger partial charge in [-0.05, 0) is 39.0 Å². The highest BCUT2D eigenvalue weighted by molar-refractivity contribution is 5.66. The lowest BCUT2D eigenvalue weighted by molar-refractivity contribution is 0.628. The summed E-state index contributed by atoms with van der Waals surface area (Å²) >= 11 is 0. The molecular weight excluding hydrogens is 315 g/mol. The van der Waals surface area contributed by atoms with Crippen molar-refractivity contribution in [1.82, 2.24) is 9.97 Å². The minimum absolute atomic E-state index is 0.140. The first-order valence-corrected chi connectivity index (χ1v) is 8.14. The second kappa shape index (κ2) is 6.89. The summed E-state index contributed by atoms with van der Waals surface area (Å²) in [6, 6.07) is 18.0. The van der Waals surface area contributed by atoms with Crippen LogP contribution in [0.15, 0.2) is 60.7 Å². The summed E-state index contributed by atoms with van der Waals surface area (Å²) in [4.78, 5) is 9.09. The molecule has 4 nitrogen and oxygen atoms in total. The normalized spacial score (nSPS) is 11.2. The van der Waals surface area contributed by atoms with Crippen LogP contribution >= 0.6 is 0 Å². The monoisotopic (exact) mass is 336 g/mol. The second-order valence-corrected chi connectivity index (χ2v) is 6.84. The zero-order valence-electron chi connectivity index (χ0n) is 14.5. The predicted molar refractivity (Wildman–Crippen MR) is 101 cm³/mol. The zero-order valence-corrected chi connectivity index (χ0v) is 14.5. The highest BCUT2D eigenvalue weighted by atomic mass is 19.1. The number of halogens is 1. The van der Waals surface area contributed by atoms with Crippen LogP contribution in [0.4, 0.5) is 21.8 Å². The van der Waals surface area contributed by atoms with Gasteiger partial charge in [-0.2, -0.15) is 4.98 Å². The van der Waals surface area contributed by atoms with E-state index in [0.29, 0.717) is 17.5 Å². The van der Waals surface area contributed by atoms with Crippen LogP contribution in [0.5, 0.6) is 0 Å². The van der Waals surface area contributed by atoms with Crippen LogP contribution in [0.25, 0.3) is 11.3 Å². The third-order valence-electron chi connectivity index (χ3n) is 3.38. The van der Waals surface area contributed by atoms with Gasteiger partial charge in [0.2, 0.25) is 5.95 Å². The standard InChI is InChI=1S/C20H21FN4/c1-20(2,3)25-18-13-17(14-8-5-4-6-9-14)23-19(24-18)22-16-11-7-10-15(21)12-16/h4-13H,1-3H3,(H2,22,23,24,25). The Morgan fingerprint density at radius 1 is 0.880 bits per heavy atom. The molecule has 2 N–H and O–H groups in total. The van der Waals surface area contributed by atoms with E-state index in [-0.39, 0.29) is 11.4 Å². The summed E-state index contributed by atoms with van der Waals surface area (Å²) in [6.45, 7) is 6.20. The van der Waals surface area contributed by atoms with Gasteiger partial charge in [0.25, 0.3) is 0 Å². The van der Waals surface area contributed by atoms with Crippen LogP contribution in [0.2, 0.25) is 0 Å². The Morgan fingerprint density at radius 2 is 1.64 bits per heavy atom. The topological polar surface area (TPSA) is 49.8 Å². The summed E-state index contributed by atoms with van der Waals surface area (Å²) in [5.41, 5.74) is 2.25. The van der Waals surface area contributed by atoms with Crippen LogP contribution in [-0.2, 0) is 0 Å². The largest absolute Gasteiger partial charge is 0.365 e. The molecule has 1 heterocycles. The number of rotatable bonds is 4. The lowest BCUT2D eigenvalue weighted by atomic mass is 10.1. The van der Waals surface area contributed by atoms with Crippen molar-refractivity contribution in [1.29, 1.82) is 0 Å². The predicted octanol–water partition coefficient (Wildman–Crippen LogP) is 5.24. The van der Waals surface area contributed by atoms with Gasteiger partial charge in [-0.15, -0.1) is 0 Å². The molecule has 0 fully saturated rings. The molecular formula is C20H21FN4. The van der Waals surface area contributed by atoms with E-state index in [0.717, 1.165) is 11.3 Å². The lowest BCUT2D eigenvalue weighted by Crippen LogP contribution is -2.26. The van der Waals surface area contributed by atoms with Crippen LogP contribution in [0.3, 0.4) is 0 Å². The van der Waals surface area contributed by atoms with E-state index < -0.39 is 0 Å². The maximum absolute atomic E-state index is 13.4. The minimum atomic E-state index is -0.308. The second-order valence-electron chi connectivity index (χ2n) is 6.84. The molecule has 3 rings (SSSR count). The molecule has 0 amide bonds. The molecule has 0 unspecified atom stereocenters. The van der Waals surface area contributed by atoms with E-state index >= 15 is 0 Å². The quantitative estimate of drug-likeness (QED) is 0.684. The van der Waals surface area contributed by atoms with Gasteiger partial charge in [0, 0.05) is 22.9 Å². The number of aromatic nitrogens is 2. The van der Waals surface area contributed by atoms with E-state index in [1.54, 1.807) is 12.1 Å². The van der Waals surface area contributed by atoms with Gasteiger partial charge >= 0.3 is 0 Å².